The zero-order chi connectivity index (χ0) is 33.7. The van der Waals surface area contributed by atoms with E-state index in [1.165, 1.54) is 44.7 Å². The number of rotatable bonds is 8. The molecule has 4 aromatic rings. The number of cyclic esters (lactones) is 1. The Labute approximate surface area is 285 Å². The third kappa shape index (κ3) is 4.77. The first-order valence-corrected chi connectivity index (χ1v) is 17.6. The number of fused-ring (bicyclic) bond motifs is 2. The molecular weight excluding hydrogens is 590 g/mol. The normalized spacial score (nSPS) is 20.4. The molecule has 1 aliphatic heterocycles. The molecule has 3 aliphatic rings. The maximum Gasteiger partial charge on any atom is 0.339 e. The molecule has 0 N–H and O–H groups in total. The van der Waals surface area contributed by atoms with Crippen molar-refractivity contribution in [3.8, 4) is 0 Å². The van der Waals surface area contributed by atoms with E-state index in [9.17, 15) is 4.79 Å². The Kier molecular flexibility index (Phi) is 8.19. The zero-order valence-corrected chi connectivity index (χ0v) is 29.4. The molecule has 7 rings (SSSR count). The van der Waals surface area contributed by atoms with Crippen LogP contribution in [0.15, 0.2) is 96.1 Å². The topological polar surface area (TPSA) is 39.4 Å². The number of aromatic nitrogens is 2. The van der Waals surface area contributed by atoms with Gasteiger partial charge in [-0.1, -0.05) is 67.6 Å². The molecular formula is C43H47N3O2. The minimum absolute atomic E-state index is 0.276. The number of carbonyl (C=O) groups is 1. The van der Waals surface area contributed by atoms with Gasteiger partial charge < -0.3 is 18.8 Å². The summed E-state index contributed by atoms with van der Waals surface area (Å²) in [4.78, 5) is 16.3. The number of esters is 1. The molecule has 5 nitrogen and oxygen atoms in total. The summed E-state index contributed by atoms with van der Waals surface area (Å²) >= 11 is 0. The van der Waals surface area contributed by atoms with E-state index >= 15 is 0 Å². The highest BCUT2D eigenvalue weighted by molar-refractivity contribution is 6.03. The summed E-state index contributed by atoms with van der Waals surface area (Å²) in [6.45, 7) is 16.1. The average molecular weight is 638 g/mol. The lowest BCUT2D eigenvalue weighted by molar-refractivity contribution is -0.144. The van der Waals surface area contributed by atoms with Gasteiger partial charge in [-0.15, -0.1) is 0 Å². The van der Waals surface area contributed by atoms with Crippen molar-refractivity contribution in [2.45, 2.75) is 72.4 Å². The summed E-state index contributed by atoms with van der Waals surface area (Å²) in [6.07, 6.45) is 16.6. The Bertz CT molecular complexity index is 2070. The smallest absolute Gasteiger partial charge is 0.339 e. The summed E-state index contributed by atoms with van der Waals surface area (Å²) in [5, 5.41) is 1.21. The predicted molar refractivity (Wildman–Crippen MR) is 199 cm³/mol. The quantitative estimate of drug-likeness (QED) is 0.181. The van der Waals surface area contributed by atoms with Gasteiger partial charge in [0.2, 0.25) is 0 Å². The van der Waals surface area contributed by atoms with E-state index in [1.807, 2.05) is 18.2 Å². The van der Waals surface area contributed by atoms with Gasteiger partial charge in [-0.3, -0.25) is 0 Å². The number of allylic oxidation sites excluding steroid dienone is 4. The second-order valence-corrected chi connectivity index (χ2v) is 13.4. The van der Waals surface area contributed by atoms with Crippen molar-refractivity contribution in [1.29, 1.82) is 0 Å². The average Bonchev–Trinajstić information content (AvgIpc) is 3.51. The molecule has 0 spiro atoms. The van der Waals surface area contributed by atoms with Gasteiger partial charge >= 0.3 is 5.97 Å². The highest BCUT2D eigenvalue weighted by Gasteiger charge is 2.47. The molecule has 2 aromatic carbocycles. The second kappa shape index (κ2) is 12.4. The summed E-state index contributed by atoms with van der Waals surface area (Å²) in [7, 11) is 2.20. The molecule has 0 radical (unpaired) electrons. The van der Waals surface area contributed by atoms with Gasteiger partial charge in [0.25, 0.3) is 0 Å². The van der Waals surface area contributed by atoms with Crippen molar-refractivity contribution in [3.63, 3.8) is 0 Å². The number of hydrogen-bond acceptors (Lipinski definition) is 3. The predicted octanol–water partition coefficient (Wildman–Crippen LogP) is 9.68. The van der Waals surface area contributed by atoms with Crippen LogP contribution in [-0.2, 0) is 28.7 Å². The molecule has 0 saturated heterocycles. The summed E-state index contributed by atoms with van der Waals surface area (Å²) < 4.78 is 11.5. The highest BCUT2D eigenvalue weighted by Crippen LogP contribution is 2.51. The molecule has 3 heterocycles. The van der Waals surface area contributed by atoms with Crippen molar-refractivity contribution >= 4 is 34.2 Å². The van der Waals surface area contributed by atoms with Crippen LogP contribution < -0.4 is 4.90 Å². The SMILES string of the molecule is CCN(CC)c1ccc(C2(/C=C(\c3c4c(n(C)c3C)C(C)CC=C4)c3c(C)n(CC)c4ccccc34)OC(=O)C3=C2CC=CC=C3)cc1. The summed E-state index contributed by atoms with van der Waals surface area (Å²) in [5.74, 6) is 0.125. The number of para-hydroxylation sites is 1. The molecule has 2 aromatic heterocycles. The van der Waals surface area contributed by atoms with Gasteiger partial charge in [0, 0.05) is 94.1 Å². The van der Waals surface area contributed by atoms with Crippen LogP contribution >= 0.6 is 0 Å². The van der Waals surface area contributed by atoms with Crippen LogP contribution in [0.25, 0.3) is 22.6 Å². The number of nitrogens with zero attached hydrogens (tertiary/aromatic N) is 3. The lowest BCUT2D eigenvalue weighted by Crippen LogP contribution is -2.28. The first-order valence-electron chi connectivity index (χ1n) is 17.6. The summed E-state index contributed by atoms with van der Waals surface area (Å²) in [5.41, 5.74) is 12.4. The number of benzene rings is 2. The molecule has 5 heteroatoms. The number of aryl methyl sites for hydroxylation is 1. The van der Waals surface area contributed by atoms with Crippen LogP contribution in [0.4, 0.5) is 5.69 Å². The Balaban J connectivity index is 1.61. The summed E-state index contributed by atoms with van der Waals surface area (Å²) in [6, 6.07) is 17.4. The van der Waals surface area contributed by atoms with Gasteiger partial charge in [0.1, 0.15) is 0 Å². The van der Waals surface area contributed by atoms with Crippen molar-refractivity contribution in [3.05, 3.63) is 135 Å². The van der Waals surface area contributed by atoms with E-state index in [0.29, 0.717) is 17.9 Å². The van der Waals surface area contributed by atoms with Gasteiger partial charge in [-0.05, 0) is 83.4 Å². The van der Waals surface area contributed by atoms with Crippen LogP contribution in [-0.4, -0.2) is 28.2 Å². The molecule has 2 unspecified atom stereocenters. The molecule has 2 atom stereocenters. The fourth-order valence-electron chi connectivity index (χ4n) is 8.48. The molecule has 0 saturated carbocycles. The van der Waals surface area contributed by atoms with Gasteiger partial charge in [0.15, 0.2) is 5.60 Å². The molecule has 48 heavy (non-hydrogen) atoms. The Morgan fingerprint density at radius 1 is 0.958 bits per heavy atom. The van der Waals surface area contributed by atoms with Crippen LogP contribution in [0.5, 0.6) is 0 Å². The van der Waals surface area contributed by atoms with E-state index in [1.54, 1.807) is 0 Å². The van der Waals surface area contributed by atoms with Crippen LogP contribution in [0.2, 0.25) is 0 Å². The van der Waals surface area contributed by atoms with E-state index in [4.69, 9.17) is 4.74 Å². The number of hydrogen-bond donors (Lipinski definition) is 0. The molecule has 0 amide bonds. The highest BCUT2D eigenvalue weighted by atomic mass is 16.6. The number of ether oxygens (including phenoxy) is 1. The Morgan fingerprint density at radius 3 is 2.44 bits per heavy atom. The van der Waals surface area contributed by atoms with Gasteiger partial charge in [-0.25, -0.2) is 4.79 Å². The minimum Gasteiger partial charge on any atom is -0.442 e. The molecule has 246 valence electrons. The monoisotopic (exact) mass is 637 g/mol. The van der Waals surface area contributed by atoms with Crippen molar-refractivity contribution in [1.82, 2.24) is 9.13 Å². The van der Waals surface area contributed by atoms with E-state index in [0.717, 1.165) is 48.5 Å². The maximum absolute atomic E-state index is 13.9. The maximum atomic E-state index is 13.9. The second-order valence-electron chi connectivity index (χ2n) is 13.4. The standard InChI is InChI=1S/C43H47N3O2/c1-8-45(9-2)32-25-23-31(24-26-32)43(37-21-13-11-12-18-33(37)42(47)48-43)27-36(39-29(5)44(7)41-28(4)17-16-20-35(39)41)40-30(6)46(10-3)38-22-15-14-19-34(38)40/h11-16,18-20,22-28H,8-10,17,21H2,1-7H3/b36-27+. The van der Waals surface area contributed by atoms with Crippen molar-refractivity contribution < 1.29 is 9.53 Å². The lowest BCUT2D eigenvalue weighted by atomic mass is 9.78. The fourth-order valence-corrected chi connectivity index (χ4v) is 8.48. The van der Waals surface area contributed by atoms with E-state index in [2.05, 4.69) is 135 Å². The van der Waals surface area contributed by atoms with Gasteiger partial charge in [-0.2, -0.15) is 0 Å². The van der Waals surface area contributed by atoms with E-state index in [-0.39, 0.29) is 5.97 Å². The van der Waals surface area contributed by atoms with Crippen LogP contribution in [0.1, 0.15) is 85.8 Å². The largest absolute Gasteiger partial charge is 0.442 e. The van der Waals surface area contributed by atoms with Gasteiger partial charge in [0.05, 0.1) is 5.57 Å². The van der Waals surface area contributed by atoms with E-state index < -0.39 is 5.60 Å². The van der Waals surface area contributed by atoms with Crippen LogP contribution in [0.3, 0.4) is 0 Å². The Hall–Kier alpha value is -4.77. The molecule has 0 fully saturated rings. The van der Waals surface area contributed by atoms with Crippen molar-refractivity contribution in [2.24, 2.45) is 7.05 Å². The van der Waals surface area contributed by atoms with Crippen molar-refractivity contribution in [2.75, 3.05) is 18.0 Å². The third-order valence-electron chi connectivity index (χ3n) is 10.9. The molecule has 2 aliphatic carbocycles. The molecule has 0 bridgehead atoms. The fraction of sp³-hybridized carbons (Fsp3) is 0.326. The minimum atomic E-state index is -1.09. The third-order valence-corrected chi connectivity index (χ3v) is 10.9. The van der Waals surface area contributed by atoms with Crippen LogP contribution in [0, 0.1) is 13.8 Å². The Morgan fingerprint density at radius 2 is 1.71 bits per heavy atom. The first-order chi connectivity index (χ1) is 23.2. The number of carbonyl (C=O) groups excluding carboxylic acids is 1. The number of anilines is 1. The zero-order valence-electron chi connectivity index (χ0n) is 29.4. The lowest BCUT2D eigenvalue weighted by Gasteiger charge is -2.31. The first kappa shape index (κ1) is 31.8.